The quantitative estimate of drug-likeness (QED) is 0.796. The molecular formula is C16H20FN5O2. The van der Waals surface area contributed by atoms with Crippen LogP contribution in [0.3, 0.4) is 0 Å². The molecule has 128 valence electrons. The first-order valence-corrected chi connectivity index (χ1v) is 7.85. The number of hydrogen-bond donors (Lipinski definition) is 0. The molecule has 3 rings (SSSR count). The topological polar surface area (TPSA) is 73.1 Å². The van der Waals surface area contributed by atoms with E-state index in [1.165, 1.54) is 13.3 Å². The Hall–Kier alpha value is -2.51. The van der Waals surface area contributed by atoms with Crippen molar-refractivity contribution >= 4 is 11.8 Å². The number of carbonyl (C=O) groups is 1. The van der Waals surface area contributed by atoms with Crippen LogP contribution < -0.4 is 4.90 Å². The summed E-state index contributed by atoms with van der Waals surface area (Å²) < 4.78 is 20.7. The number of rotatable bonds is 3. The third-order valence-electron chi connectivity index (χ3n) is 4.39. The van der Waals surface area contributed by atoms with Gasteiger partial charge in [-0.25, -0.2) is 14.4 Å². The van der Waals surface area contributed by atoms with Gasteiger partial charge in [-0.1, -0.05) is 0 Å². The van der Waals surface area contributed by atoms with E-state index in [0.717, 1.165) is 11.3 Å². The molecule has 0 saturated carbocycles. The van der Waals surface area contributed by atoms with Gasteiger partial charge in [0, 0.05) is 20.1 Å². The minimum absolute atomic E-state index is 0.130. The highest BCUT2D eigenvalue weighted by molar-refractivity contribution is 5.72. The van der Waals surface area contributed by atoms with E-state index < -0.39 is 5.82 Å². The monoisotopic (exact) mass is 333 g/mol. The molecule has 24 heavy (non-hydrogen) atoms. The molecule has 1 aliphatic rings. The smallest absolute Gasteiger partial charge is 0.308 e. The van der Waals surface area contributed by atoms with Crippen molar-refractivity contribution < 1.29 is 13.9 Å². The van der Waals surface area contributed by atoms with Gasteiger partial charge in [0.05, 0.1) is 25.4 Å². The average Bonchev–Trinajstić information content (AvgIpc) is 2.94. The first-order valence-electron chi connectivity index (χ1n) is 7.85. The highest BCUT2D eigenvalue weighted by Crippen LogP contribution is 2.27. The largest absolute Gasteiger partial charge is 0.469 e. The minimum Gasteiger partial charge on any atom is -0.469 e. The Bertz CT molecular complexity index is 733. The highest BCUT2D eigenvalue weighted by Gasteiger charge is 2.28. The second-order valence-electron chi connectivity index (χ2n) is 5.95. The van der Waals surface area contributed by atoms with Crippen molar-refractivity contribution in [2.45, 2.75) is 19.8 Å². The molecule has 0 aromatic carbocycles. The molecule has 1 aliphatic heterocycles. The van der Waals surface area contributed by atoms with Gasteiger partial charge in [0.25, 0.3) is 0 Å². The lowest BCUT2D eigenvalue weighted by atomic mass is 9.97. The maximum Gasteiger partial charge on any atom is 0.308 e. The van der Waals surface area contributed by atoms with Crippen LogP contribution in [0.15, 0.2) is 12.4 Å². The van der Waals surface area contributed by atoms with Crippen molar-refractivity contribution in [2.24, 2.45) is 13.0 Å². The zero-order chi connectivity index (χ0) is 17.3. The Labute approximate surface area is 139 Å². The third kappa shape index (κ3) is 2.95. The van der Waals surface area contributed by atoms with Crippen molar-refractivity contribution in [1.82, 2.24) is 19.7 Å². The second kappa shape index (κ2) is 6.54. The van der Waals surface area contributed by atoms with Crippen molar-refractivity contribution in [2.75, 3.05) is 25.1 Å². The van der Waals surface area contributed by atoms with Crippen LogP contribution in [0.1, 0.15) is 18.4 Å². The van der Waals surface area contributed by atoms with E-state index in [4.69, 9.17) is 4.74 Å². The minimum atomic E-state index is -0.463. The lowest BCUT2D eigenvalue weighted by molar-refractivity contribution is -0.146. The summed E-state index contributed by atoms with van der Waals surface area (Å²) >= 11 is 0. The standard InChI is InChI=1S/C16H20FN5O2/c1-10-8-19-21(2)13(10)14-18-9-12(17)15(20-14)22-6-4-11(5-7-22)16(23)24-3/h8-9,11H,4-7H2,1-3H3. The SMILES string of the molecule is COC(=O)C1CCN(c2nc(-c3c(C)cnn3C)ncc2F)CC1. The van der Waals surface area contributed by atoms with E-state index in [1.807, 2.05) is 11.8 Å². The van der Waals surface area contributed by atoms with Crippen LogP contribution >= 0.6 is 0 Å². The molecule has 2 aromatic heterocycles. The molecular weight excluding hydrogens is 313 g/mol. The zero-order valence-electron chi connectivity index (χ0n) is 14.0. The number of aryl methyl sites for hydroxylation is 2. The molecule has 2 aromatic rings. The number of aromatic nitrogens is 4. The maximum atomic E-state index is 14.2. The number of nitrogens with zero attached hydrogens (tertiary/aromatic N) is 5. The summed E-state index contributed by atoms with van der Waals surface area (Å²) in [4.78, 5) is 22.0. The van der Waals surface area contributed by atoms with Crippen molar-refractivity contribution in [1.29, 1.82) is 0 Å². The van der Waals surface area contributed by atoms with E-state index in [1.54, 1.807) is 17.9 Å². The van der Waals surface area contributed by atoms with Gasteiger partial charge in [0.2, 0.25) is 0 Å². The van der Waals surface area contributed by atoms with Crippen molar-refractivity contribution in [3.63, 3.8) is 0 Å². The predicted molar refractivity (Wildman–Crippen MR) is 85.9 cm³/mol. The van der Waals surface area contributed by atoms with E-state index in [-0.39, 0.29) is 17.7 Å². The molecule has 0 unspecified atom stereocenters. The van der Waals surface area contributed by atoms with Crippen LogP contribution in [0.25, 0.3) is 11.5 Å². The molecule has 0 N–H and O–H groups in total. The fraction of sp³-hybridized carbons (Fsp3) is 0.500. The highest BCUT2D eigenvalue weighted by atomic mass is 19.1. The van der Waals surface area contributed by atoms with E-state index in [0.29, 0.717) is 31.8 Å². The summed E-state index contributed by atoms with van der Waals surface area (Å²) in [5, 5.41) is 4.17. The summed E-state index contributed by atoms with van der Waals surface area (Å²) in [6.45, 7) is 3.02. The van der Waals surface area contributed by atoms with Gasteiger partial charge in [0.15, 0.2) is 17.5 Å². The molecule has 7 nitrogen and oxygen atoms in total. The number of halogens is 1. The average molecular weight is 333 g/mol. The van der Waals surface area contributed by atoms with Gasteiger partial charge < -0.3 is 9.64 Å². The van der Waals surface area contributed by atoms with Crippen LogP contribution in [-0.2, 0) is 16.6 Å². The van der Waals surface area contributed by atoms with Crippen LogP contribution in [-0.4, -0.2) is 45.9 Å². The molecule has 0 atom stereocenters. The Balaban J connectivity index is 1.85. The molecule has 0 bridgehead atoms. The number of esters is 1. The molecule has 0 radical (unpaired) electrons. The number of anilines is 1. The Morgan fingerprint density at radius 2 is 2.04 bits per heavy atom. The van der Waals surface area contributed by atoms with Gasteiger partial charge in [-0.3, -0.25) is 9.48 Å². The van der Waals surface area contributed by atoms with Crippen molar-refractivity contribution in [3.8, 4) is 11.5 Å². The van der Waals surface area contributed by atoms with Gasteiger partial charge in [-0.2, -0.15) is 5.10 Å². The van der Waals surface area contributed by atoms with E-state index in [2.05, 4.69) is 15.1 Å². The van der Waals surface area contributed by atoms with E-state index >= 15 is 0 Å². The van der Waals surface area contributed by atoms with Crippen molar-refractivity contribution in [3.05, 3.63) is 23.8 Å². The number of hydrogen-bond acceptors (Lipinski definition) is 6. The molecule has 1 fully saturated rings. The number of methoxy groups -OCH3 is 1. The van der Waals surface area contributed by atoms with Crippen LogP contribution in [0, 0.1) is 18.7 Å². The summed E-state index contributed by atoms with van der Waals surface area (Å²) in [5.41, 5.74) is 1.69. The zero-order valence-corrected chi connectivity index (χ0v) is 14.0. The van der Waals surface area contributed by atoms with Gasteiger partial charge in [0.1, 0.15) is 5.69 Å². The predicted octanol–water partition coefficient (Wildman–Crippen LogP) is 1.71. The number of ether oxygens (including phenoxy) is 1. The Kier molecular flexibility index (Phi) is 4.46. The molecule has 0 aliphatic carbocycles. The summed E-state index contributed by atoms with van der Waals surface area (Å²) in [6, 6.07) is 0. The molecule has 8 heteroatoms. The normalized spacial score (nSPS) is 15.6. The van der Waals surface area contributed by atoms with Crippen LogP contribution in [0.2, 0.25) is 0 Å². The molecule has 3 heterocycles. The summed E-state index contributed by atoms with van der Waals surface area (Å²) in [7, 11) is 3.19. The number of piperidine rings is 1. The molecule has 0 amide bonds. The third-order valence-corrected chi connectivity index (χ3v) is 4.39. The molecule has 1 saturated heterocycles. The number of carbonyl (C=O) groups excluding carboxylic acids is 1. The first kappa shape index (κ1) is 16.4. The lowest BCUT2D eigenvalue weighted by Crippen LogP contribution is -2.37. The first-order chi connectivity index (χ1) is 11.5. The Morgan fingerprint density at radius 1 is 1.33 bits per heavy atom. The van der Waals surface area contributed by atoms with Gasteiger partial charge in [-0.15, -0.1) is 0 Å². The van der Waals surface area contributed by atoms with Crippen LogP contribution in [0.4, 0.5) is 10.2 Å². The fourth-order valence-corrected chi connectivity index (χ4v) is 3.06. The Morgan fingerprint density at radius 3 is 2.62 bits per heavy atom. The maximum absolute atomic E-state index is 14.2. The fourth-order valence-electron chi connectivity index (χ4n) is 3.06. The van der Waals surface area contributed by atoms with E-state index in [9.17, 15) is 9.18 Å². The lowest BCUT2D eigenvalue weighted by Gasteiger charge is -2.31. The van der Waals surface area contributed by atoms with Crippen LogP contribution in [0.5, 0.6) is 0 Å². The molecule has 0 spiro atoms. The summed E-state index contributed by atoms with van der Waals surface area (Å²) in [5.74, 6) is -0.0862. The second-order valence-corrected chi connectivity index (χ2v) is 5.95. The van der Waals surface area contributed by atoms with Gasteiger partial charge in [-0.05, 0) is 25.3 Å². The van der Waals surface area contributed by atoms with Gasteiger partial charge >= 0.3 is 5.97 Å². The summed E-state index contributed by atoms with van der Waals surface area (Å²) in [6.07, 6.45) is 4.16.